The molecule has 1 aliphatic heterocycles. The smallest absolute Gasteiger partial charge is 0.223 e. The van der Waals surface area contributed by atoms with E-state index in [1.165, 1.54) is 25.0 Å². The second-order valence-electron chi connectivity index (χ2n) is 7.48. The number of likely N-dealkylation sites (tertiary alicyclic amines) is 1. The first kappa shape index (κ1) is 16.5. The van der Waals surface area contributed by atoms with Gasteiger partial charge < -0.3 is 10.6 Å². The Morgan fingerprint density at radius 2 is 2.00 bits per heavy atom. The van der Waals surface area contributed by atoms with Gasteiger partial charge in [0.05, 0.1) is 0 Å². The summed E-state index contributed by atoms with van der Waals surface area (Å²) in [7, 11) is 2.00. The minimum Gasteiger partial charge on any atom is -0.343 e. The van der Waals surface area contributed by atoms with Gasteiger partial charge in [-0.1, -0.05) is 19.3 Å². The number of hydrogen-bond acceptors (Lipinski definition) is 3. The standard InChI is InChI=1S/C18H30N4O/c1-21-16(5-10-20-21)15-6-11-22(12-7-15)17(23)13-18(14-19)8-3-2-4-9-18/h5,10,15H,2-4,6-9,11-14,19H2,1H3. The number of carbonyl (C=O) groups is 1. The Kier molecular flexibility index (Phi) is 5.05. The van der Waals surface area contributed by atoms with Crippen molar-refractivity contribution in [1.29, 1.82) is 0 Å². The van der Waals surface area contributed by atoms with Gasteiger partial charge in [0.1, 0.15) is 0 Å². The maximum Gasteiger partial charge on any atom is 0.223 e. The van der Waals surface area contributed by atoms with E-state index in [4.69, 9.17) is 5.73 Å². The van der Waals surface area contributed by atoms with Crippen LogP contribution >= 0.6 is 0 Å². The lowest BCUT2D eigenvalue weighted by Crippen LogP contribution is -2.43. The highest BCUT2D eigenvalue weighted by atomic mass is 16.2. The van der Waals surface area contributed by atoms with E-state index in [-0.39, 0.29) is 5.41 Å². The molecule has 0 radical (unpaired) electrons. The number of amides is 1. The summed E-state index contributed by atoms with van der Waals surface area (Å²) in [6.45, 7) is 2.40. The Bertz CT molecular complexity index is 525. The van der Waals surface area contributed by atoms with Gasteiger partial charge >= 0.3 is 0 Å². The second kappa shape index (κ2) is 7.04. The van der Waals surface area contributed by atoms with Gasteiger partial charge in [-0.3, -0.25) is 9.48 Å². The monoisotopic (exact) mass is 318 g/mol. The van der Waals surface area contributed by atoms with Crippen LogP contribution in [0, 0.1) is 5.41 Å². The average molecular weight is 318 g/mol. The number of aryl methyl sites for hydroxylation is 1. The summed E-state index contributed by atoms with van der Waals surface area (Å²) in [6.07, 6.45) is 10.6. The van der Waals surface area contributed by atoms with Crippen LogP contribution in [-0.4, -0.2) is 40.2 Å². The van der Waals surface area contributed by atoms with Crippen molar-refractivity contribution >= 4 is 5.91 Å². The highest BCUT2D eigenvalue weighted by Gasteiger charge is 2.35. The molecule has 3 rings (SSSR count). The molecule has 0 unspecified atom stereocenters. The molecule has 0 aromatic carbocycles. The van der Waals surface area contributed by atoms with Crippen molar-refractivity contribution in [2.45, 2.75) is 57.3 Å². The quantitative estimate of drug-likeness (QED) is 0.927. The molecule has 0 bridgehead atoms. The molecule has 0 atom stereocenters. The minimum atomic E-state index is 0.0776. The van der Waals surface area contributed by atoms with Gasteiger partial charge in [-0.15, -0.1) is 0 Å². The van der Waals surface area contributed by atoms with Crippen LogP contribution in [0.25, 0.3) is 0 Å². The van der Waals surface area contributed by atoms with E-state index in [2.05, 4.69) is 16.1 Å². The molecule has 1 saturated carbocycles. The molecule has 1 aliphatic carbocycles. The van der Waals surface area contributed by atoms with Crippen molar-refractivity contribution in [2.75, 3.05) is 19.6 Å². The number of rotatable bonds is 4. The van der Waals surface area contributed by atoms with Gasteiger partial charge in [0, 0.05) is 44.4 Å². The topological polar surface area (TPSA) is 64.2 Å². The molecule has 5 heteroatoms. The van der Waals surface area contributed by atoms with E-state index < -0.39 is 0 Å². The maximum atomic E-state index is 12.7. The Labute approximate surface area is 139 Å². The molecule has 2 heterocycles. The molecule has 2 fully saturated rings. The van der Waals surface area contributed by atoms with E-state index in [0.717, 1.165) is 38.8 Å². The van der Waals surface area contributed by atoms with Gasteiger partial charge in [-0.25, -0.2) is 0 Å². The molecule has 1 aromatic rings. The van der Waals surface area contributed by atoms with Crippen molar-refractivity contribution in [1.82, 2.24) is 14.7 Å². The first-order valence-corrected chi connectivity index (χ1v) is 9.09. The lowest BCUT2D eigenvalue weighted by atomic mass is 9.71. The van der Waals surface area contributed by atoms with Crippen molar-refractivity contribution in [2.24, 2.45) is 18.2 Å². The summed E-state index contributed by atoms with van der Waals surface area (Å²) in [5, 5.41) is 4.27. The zero-order valence-electron chi connectivity index (χ0n) is 14.3. The molecule has 1 saturated heterocycles. The summed E-state index contributed by atoms with van der Waals surface area (Å²) in [6, 6.07) is 2.10. The van der Waals surface area contributed by atoms with E-state index in [9.17, 15) is 4.79 Å². The largest absolute Gasteiger partial charge is 0.343 e. The third-order valence-corrected chi connectivity index (χ3v) is 6.00. The molecule has 1 aromatic heterocycles. The summed E-state index contributed by atoms with van der Waals surface area (Å²) >= 11 is 0. The minimum absolute atomic E-state index is 0.0776. The third-order valence-electron chi connectivity index (χ3n) is 6.00. The Morgan fingerprint density at radius 1 is 1.30 bits per heavy atom. The zero-order valence-corrected chi connectivity index (χ0v) is 14.3. The predicted molar refractivity (Wildman–Crippen MR) is 91.0 cm³/mol. The van der Waals surface area contributed by atoms with Crippen LogP contribution in [0.15, 0.2) is 12.3 Å². The lowest BCUT2D eigenvalue weighted by molar-refractivity contribution is -0.135. The lowest BCUT2D eigenvalue weighted by Gasteiger charge is -2.39. The van der Waals surface area contributed by atoms with Crippen molar-refractivity contribution in [3.63, 3.8) is 0 Å². The summed E-state index contributed by atoms with van der Waals surface area (Å²) in [4.78, 5) is 14.8. The molecule has 0 spiro atoms. The van der Waals surface area contributed by atoms with Crippen LogP contribution in [0.5, 0.6) is 0 Å². The number of hydrogen-bond donors (Lipinski definition) is 1. The van der Waals surface area contributed by atoms with E-state index in [1.54, 1.807) is 0 Å². The normalized spacial score (nSPS) is 22.3. The van der Waals surface area contributed by atoms with Gasteiger partial charge in [0.2, 0.25) is 5.91 Å². The number of piperidine rings is 1. The Hall–Kier alpha value is -1.36. The summed E-state index contributed by atoms with van der Waals surface area (Å²) in [5.74, 6) is 0.852. The molecule has 1 amide bonds. The molecule has 5 nitrogen and oxygen atoms in total. The molecule has 2 aliphatic rings. The summed E-state index contributed by atoms with van der Waals surface area (Å²) < 4.78 is 1.97. The van der Waals surface area contributed by atoms with E-state index in [1.807, 2.05) is 17.9 Å². The molecular weight excluding hydrogens is 288 g/mol. The van der Waals surface area contributed by atoms with Crippen LogP contribution in [0.2, 0.25) is 0 Å². The molecular formula is C18H30N4O. The fourth-order valence-electron chi connectivity index (χ4n) is 4.40. The van der Waals surface area contributed by atoms with Gasteiger partial charge in [-0.2, -0.15) is 5.10 Å². The molecule has 128 valence electrons. The van der Waals surface area contributed by atoms with Gasteiger partial charge in [-0.05, 0) is 43.7 Å². The fourth-order valence-corrected chi connectivity index (χ4v) is 4.40. The maximum absolute atomic E-state index is 12.7. The Balaban J connectivity index is 1.55. The van der Waals surface area contributed by atoms with Crippen LogP contribution in [-0.2, 0) is 11.8 Å². The van der Waals surface area contributed by atoms with E-state index >= 15 is 0 Å². The van der Waals surface area contributed by atoms with Crippen LogP contribution in [0.3, 0.4) is 0 Å². The van der Waals surface area contributed by atoms with Gasteiger partial charge in [0.15, 0.2) is 0 Å². The van der Waals surface area contributed by atoms with Crippen molar-refractivity contribution in [3.8, 4) is 0 Å². The van der Waals surface area contributed by atoms with Crippen molar-refractivity contribution in [3.05, 3.63) is 18.0 Å². The number of nitrogens with zero attached hydrogens (tertiary/aromatic N) is 3. The van der Waals surface area contributed by atoms with Crippen LogP contribution in [0.1, 0.15) is 63.0 Å². The highest BCUT2D eigenvalue weighted by molar-refractivity contribution is 5.77. The second-order valence-corrected chi connectivity index (χ2v) is 7.48. The fraction of sp³-hybridized carbons (Fsp3) is 0.778. The highest BCUT2D eigenvalue weighted by Crippen LogP contribution is 2.39. The summed E-state index contributed by atoms with van der Waals surface area (Å²) in [5.41, 5.74) is 7.41. The molecule has 23 heavy (non-hydrogen) atoms. The SMILES string of the molecule is Cn1nccc1C1CCN(C(=O)CC2(CN)CCCCC2)CC1. The number of nitrogens with two attached hydrogens (primary N) is 1. The first-order valence-electron chi connectivity index (χ1n) is 9.09. The van der Waals surface area contributed by atoms with Crippen LogP contribution < -0.4 is 5.73 Å². The van der Waals surface area contributed by atoms with E-state index in [0.29, 0.717) is 24.8 Å². The predicted octanol–water partition coefficient (Wildman–Crippen LogP) is 2.43. The zero-order chi connectivity index (χ0) is 16.3. The van der Waals surface area contributed by atoms with Gasteiger partial charge in [0.25, 0.3) is 0 Å². The average Bonchev–Trinajstić information content (AvgIpc) is 3.02. The number of aromatic nitrogens is 2. The van der Waals surface area contributed by atoms with Crippen LogP contribution in [0.4, 0.5) is 0 Å². The van der Waals surface area contributed by atoms with Crippen molar-refractivity contribution < 1.29 is 4.79 Å². The third kappa shape index (κ3) is 3.60. The number of carbonyl (C=O) groups excluding carboxylic acids is 1. The molecule has 2 N–H and O–H groups in total. The first-order chi connectivity index (χ1) is 11.1. The Morgan fingerprint density at radius 3 is 2.57 bits per heavy atom.